The molecule has 0 saturated carbocycles. The monoisotopic (exact) mass is 254 g/mol. The zero-order chi connectivity index (χ0) is 13.2. The minimum atomic E-state index is -0.266. The number of fused-ring (bicyclic) bond motifs is 1. The lowest BCUT2D eigenvalue weighted by molar-refractivity contribution is 0.628. The predicted molar refractivity (Wildman–Crippen MR) is 72.3 cm³/mol. The Kier molecular flexibility index (Phi) is 2.79. The lowest BCUT2D eigenvalue weighted by Crippen LogP contribution is -1.98. The number of benzene rings is 1. The van der Waals surface area contributed by atoms with Crippen LogP contribution in [-0.2, 0) is 0 Å². The molecule has 19 heavy (non-hydrogen) atoms. The fraction of sp³-hybridized carbons (Fsp3) is 0.0714. The van der Waals surface area contributed by atoms with Crippen LogP contribution in [0, 0.1) is 5.82 Å². The van der Waals surface area contributed by atoms with E-state index >= 15 is 0 Å². The molecule has 0 radical (unpaired) electrons. The second-order valence-electron chi connectivity index (χ2n) is 4.04. The number of rotatable bonds is 2. The smallest absolute Gasteiger partial charge is 0.154 e. The molecule has 1 aromatic carbocycles. The van der Waals surface area contributed by atoms with E-state index in [1.165, 1.54) is 12.1 Å². The number of hydrogen-bond donors (Lipinski definition) is 1. The number of pyridine rings is 1. The van der Waals surface area contributed by atoms with E-state index in [0.717, 1.165) is 22.3 Å². The molecule has 5 heteroatoms. The van der Waals surface area contributed by atoms with Crippen LogP contribution in [0.2, 0.25) is 0 Å². The first-order valence-electron chi connectivity index (χ1n) is 5.83. The van der Waals surface area contributed by atoms with Gasteiger partial charge in [0.05, 0.1) is 11.2 Å². The molecule has 0 aliphatic rings. The second kappa shape index (κ2) is 4.61. The minimum absolute atomic E-state index is 0.266. The second-order valence-corrected chi connectivity index (χ2v) is 4.04. The highest BCUT2D eigenvalue weighted by Gasteiger charge is 2.08. The lowest BCUT2D eigenvalue weighted by Gasteiger charge is -2.07. The van der Waals surface area contributed by atoms with Crippen molar-refractivity contribution >= 4 is 16.9 Å². The van der Waals surface area contributed by atoms with Crippen LogP contribution in [0.5, 0.6) is 0 Å². The van der Waals surface area contributed by atoms with E-state index in [1.807, 2.05) is 6.07 Å². The molecule has 3 rings (SSSR count). The van der Waals surface area contributed by atoms with E-state index in [9.17, 15) is 4.39 Å². The van der Waals surface area contributed by atoms with Gasteiger partial charge in [0.15, 0.2) is 5.82 Å². The molecule has 1 N–H and O–H groups in total. The molecule has 0 saturated heterocycles. The third-order valence-electron chi connectivity index (χ3n) is 2.83. The topological polar surface area (TPSA) is 50.7 Å². The van der Waals surface area contributed by atoms with Crippen LogP contribution >= 0.6 is 0 Å². The average Bonchev–Trinajstić information content (AvgIpc) is 2.47. The van der Waals surface area contributed by atoms with E-state index < -0.39 is 0 Å². The summed E-state index contributed by atoms with van der Waals surface area (Å²) in [6.07, 6.45) is 3.26. The highest BCUT2D eigenvalue weighted by atomic mass is 19.1. The van der Waals surface area contributed by atoms with E-state index in [2.05, 4.69) is 20.3 Å². The predicted octanol–water partition coefficient (Wildman–Crippen LogP) is 2.87. The van der Waals surface area contributed by atoms with Crippen molar-refractivity contribution < 1.29 is 4.39 Å². The van der Waals surface area contributed by atoms with Gasteiger partial charge in [-0.1, -0.05) is 0 Å². The highest BCUT2D eigenvalue weighted by Crippen LogP contribution is 2.25. The van der Waals surface area contributed by atoms with Crippen LogP contribution in [0.25, 0.3) is 22.3 Å². The van der Waals surface area contributed by atoms with Crippen molar-refractivity contribution in [2.45, 2.75) is 0 Å². The summed E-state index contributed by atoms with van der Waals surface area (Å²) in [5.41, 5.74) is 3.04. The molecule has 3 aromatic rings. The summed E-state index contributed by atoms with van der Waals surface area (Å²) in [5, 5.41) is 3.00. The molecule has 0 spiro atoms. The Balaban J connectivity index is 2.22. The Morgan fingerprint density at radius 3 is 2.53 bits per heavy atom. The number of nitrogens with zero attached hydrogens (tertiary/aromatic N) is 3. The SMILES string of the molecule is CNc1nc(-c2ccc(F)cc2)cc2nccnc12. The van der Waals surface area contributed by atoms with Gasteiger partial charge in [-0.2, -0.15) is 0 Å². The Hall–Kier alpha value is -2.56. The maximum absolute atomic E-state index is 12.9. The average molecular weight is 254 g/mol. The molecule has 0 bridgehead atoms. The van der Waals surface area contributed by atoms with Gasteiger partial charge >= 0.3 is 0 Å². The fourth-order valence-corrected chi connectivity index (χ4v) is 1.91. The molecular weight excluding hydrogens is 243 g/mol. The van der Waals surface area contributed by atoms with E-state index in [4.69, 9.17) is 0 Å². The van der Waals surface area contributed by atoms with Gasteiger partial charge in [-0.05, 0) is 30.3 Å². The van der Waals surface area contributed by atoms with Gasteiger partial charge in [-0.15, -0.1) is 0 Å². The molecular formula is C14H11FN4. The number of hydrogen-bond acceptors (Lipinski definition) is 4. The largest absolute Gasteiger partial charge is 0.371 e. The molecule has 0 unspecified atom stereocenters. The first-order valence-corrected chi connectivity index (χ1v) is 5.83. The van der Waals surface area contributed by atoms with Crippen LogP contribution in [0.1, 0.15) is 0 Å². The lowest BCUT2D eigenvalue weighted by atomic mass is 10.1. The van der Waals surface area contributed by atoms with Crippen molar-refractivity contribution in [2.24, 2.45) is 0 Å². The summed E-state index contributed by atoms with van der Waals surface area (Å²) >= 11 is 0. The van der Waals surface area contributed by atoms with Crippen molar-refractivity contribution in [1.82, 2.24) is 15.0 Å². The maximum Gasteiger partial charge on any atom is 0.154 e. The molecule has 2 heterocycles. The molecule has 0 fully saturated rings. The van der Waals surface area contributed by atoms with E-state index in [1.54, 1.807) is 31.6 Å². The van der Waals surface area contributed by atoms with Gasteiger partial charge in [-0.25, -0.2) is 14.4 Å². The summed E-state index contributed by atoms with van der Waals surface area (Å²) in [6.45, 7) is 0. The zero-order valence-corrected chi connectivity index (χ0v) is 10.3. The van der Waals surface area contributed by atoms with Crippen molar-refractivity contribution in [1.29, 1.82) is 0 Å². The molecule has 0 aliphatic carbocycles. The van der Waals surface area contributed by atoms with Crippen molar-refractivity contribution in [3.8, 4) is 11.3 Å². The van der Waals surface area contributed by atoms with Crippen molar-refractivity contribution in [3.63, 3.8) is 0 Å². The normalized spacial score (nSPS) is 10.6. The van der Waals surface area contributed by atoms with Gasteiger partial charge in [-0.3, -0.25) is 4.98 Å². The molecule has 2 aromatic heterocycles. The third-order valence-corrected chi connectivity index (χ3v) is 2.83. The quantitative estimate of drug-likeness (QED) is 0.764. The van der Waals surface area contributed by atoms with Gasteiger partial charge in [0.25, 0.3) is 0 Å². The summed E-state index contributed by atoms with van der Waals surface area (Å²) in [5.74, 6) is 0.392. The number of anilines is 1. The minimum Gasteiger partial charge on any atom is -0.371 e. The first kappa shape index (κ1) is 11.5. The van der Waals surface area contributed by atoms with Crippen molar-refractivity contribution in [3.05, 3.63) is 48.5 Å². The van der Waals surface area contributed by atoms with Gasteiger partial charge in [0, 0.05) is 25.0 Å². The van der Waals surface area contributed by atoms with Gasteiger partial charge in [0.2, 0.25) is 0 Å². The Bertz CT molecular complexity index is 725. The van der Waals surface area contributed by atoms with Crippen LogP contribution in [-0.4, -0.2) is 22.0 Å². The maximum atomic E-state index is 12.9. The number of nitrogens with one attached hydrogen (secondary N) is 1. The molecule has 4 nitrogen and oxygen atoms in total. The summed E-state index contributed by atoms with van der Waals surface area (Å²) in [6, 6.07) is 8.06. The van der Waals surface area contributed by atoms with Crippen LogP contribution < -0.4 is 5.32 Å². The molecule has 0 atom stereocenters. The number of aromatic nitrogens is 3. The molecule has 0 aliphatic heterocycles. The first-order chi connectivity index (χ1) is 9.28. The fourth-order valence-electron chi connectivity index (χ4n) is 1.91. The summed E-state index contributed by atoms with van der Waals surface area (Å²) < 4.78 is 12.9. The van der Waals surface area contributed by atoms with Gasteiger partial charge < -0.3 is 5.32 Å². The highest BCUT2D eigenvalue weighted by molar-refractivity contribution is 5.88. The van der Waals surface area contributed by atoms with E-state index in [-0.39, 0.29) is 5.82 Å². The van der Waals surface area contributed by atoms with E-state index in [0.29, 0.717) is 5.82 Å². The van der Waals surface area contributed by atoms with Gasteiger partial charge in [0.1, 0.15) is 11.3 Å². The number of halogens is 1. The molecule has 94 valence electrons. The Morgan fingerprint density at radius 2 is 1.79 bits per heavy atom. The Labute approximate surface area is 109 Å². The van der Waals surface area contributed by atoms with Crippen LogP contribution in [0.3, 0.4) is 0 Å². The van der Waals surface area contributed by atoms with Crippen molar-refractivity contribution in [2.75, 3.05) is 12.4 Å². The summed E-state index contributed by atoms with van der Waals surface area (Å²) in [7, 11) is 1.78. The van der Waals surface area contributed by atoms with Crippen LogP contribution in [0.15, 0.2) is 42.7 Å². The standard InChI is InChI=1S/C14H11FN4/c1-16-14-13-12(17-6-7-18-13)8-11(19-14)9-2-4-10(15)5-3-9/h2-8H,1H3,(H,16,19). The summed E-state index contributed by atoms with van der Waals surface area (Å²) in [4.78, 5) is 13.0. The third kappa shape index (κ3) is 2.10. The molecule has 0 amide bonds. The zero-order valence-electron chi connectivity index (χ0n) is 10.3. The Morgan fingerprint density at radius 1 is 1.05 bits per heavy atom. The van der Waals surface area contributed by atoms with Crippen LogP contribution in [0.4, 0.5) is 10.2 Å².